The molecule has 1 heterocycles. The molecule has 1 aliphatic rings. The molecule has 1 saturated heterocycles. The molecule has 2 rings (SSSR count). The molecule has 0 spiro atoms. The van der Waals surface area contributed by atoms with E-state index in [0.717, 1.165) is 13.2 Å². The van der Waals surface area contributed by atoms with Gasteiger partial charge in [0.1, 0.15) is 0 Å². The van der Waals surface area contributed by atoms with Gasteiger partial charge in [-0.2, -0.15) is 0 Å². The molecule has 17 heavy (non-hydrogen) atoms. The van der Waals surface area contributed by atoms with Crippen molar-refractivity contribution in [3.8, 4) is 0 Å². The second kappa shape index (κ2) is 5.98. The zero-order chi connectivity index (χ0) is 12.3. The van der Waals surface area contributed by atoms with Crippen LogP contribution in [0.15, 0.2) is 22.7 Å². The molecular formula is C14H20BrNO. The van der Waals surface area contributed by atoms with Crippen LogP contribution in [0.2, 0.25) is 0 Å². The fourth-order valence-electron chi connectivity index (χ4n) is 2.22. The molecule has 2 atom stereocenters. The number of benzene rings is 1. The largest absolute Gasteiger partial charge is 0.377 e. The van der Waals surface area contributed by atoms with Gasteiger partial charge in [0.05, 0.1) is 6.10 Å². The van der Waals surface area contributed by atoms with E-state index >= 15 is 0 Å². The van der Waals surface area contributed by atoms with E-state index in [9.17, 15) is 0 Å². The Balaban J connectivity index is 1.86. The average Bonchev–Trinajstić information content (AvgIpc) is 2.84. The van der Waals surface area contributed by atoms with E-state index in [2.05, 4.69) is 53.3 Å². The van der Waals surface area contributed by atoms with Crippen LogP contribution in [0.1, 0.15) is 30.9 Å². The van der Waals surface area contributed by atoms with Crippen molar-refractivity contribution in [3.63, 3.8) is 0 Å². The van der Waals surface area contributed by atoms with Crippen molar-refractivity contribution >= 4 is 15.9 Å². The molecule has 1 fully saturated rings. The maximum Gasteiger partial charge on any atom is 0.0726 e. The van der Waals surface area contributed by atoms with Gasteiger partial charge in [0.2, 0.25) is 0 Å². The minimum Gasteiger partial charge on any atom is -0.377 e. The Morgan fingerprint density at radius 3 is 3.00 bits per heavy atom. The SMILES string of the molecule is Cc1cc(CNC(C)C2CCCO2)ccc1Br. The third kappa shape index (κ3) is 3.54. The minimum atomic E-state index is 0.395. The molecule has 1 aromatic carbocycles. The molecule has 3 heteroatoms. The number of aryl methyl sites for hydroxylation is 1. The summed E-state index contributed by atoms with van der Waals surface area (Å²) in [5, 5.41) is 3.55. The summed E-state index contributed by atoms with van der Waals surface area (Å²) in [5.41, 5.74) is 2.62. The van der Waals surface area contributed by atoms with Crippen molar-refractivity contribution in [2.24, 2.45) is 0 Å². The second-order valence-electron chi connectivity index (χ2n) is 4.80. The zero-order valence-electron chi connectivity index (χ0n) is 10.5. The van der Waals surface area contributed by atoms with Gasteiger partial charge in [0.15, 0.2) is 0 Å². The van der Waals surface area contributed by atoms with Crippen molar-refractivity contribution in [2.45, 2.75) is 45.4 Å². The number of halogens is 1. The highest BCUT2D eigenvalue weighted by Gasteiger charge is 2.21. The van der Waals surface area contributed by atoms with Gasteiger partial charge in [-0.1, -0.05) is 28.1 Å². The summed E-state index contributed by atoms with van der Waals surface area (Å²) in [5.74, 6) is 0. The van der Waals surface area contributed by atoms with E-state index in [1.807, 2.05) is 0 Å². The normalized spacial score (nSPS) is 21.7. The lowest BCUT2D eigenvalue weighted by molar-refractivity contribution is 0.0832. The Bertz CT molecular complexity index is 374. The monoisotopic (exact) mass is 297 g/mol. The van der Waals surface area contributed by atoms with Crippen molar-refractivity contribution in [1.82, 2.24) is 5.32 Å². The Hall–Kier alpha value is -0.380. The first-order valence-electron chi connectivity index (χ1n) is 6.27. The molecule has 0 bridgehead atoms. The Morgan fingerprint density at radius 1 is 1.53 bits per heavy atom. The van der Waals surface area contributed by atoms with Gasteiger partial charge in [0, 0.05) is 23.7 Å². The molecule has 1 aromatic rings. The molecule has 2 nitrogen and oxygen atoms in total. The highest BCUT2D eigenvalue weighted by Crippen LogP contribution is 2.18. The molecule has 0 radical (unpaired) electrons. The summed E-state index contributed by atoms with van der Waals surface area (Å²) in [7, 11) is 0. The van der Waals surface area contributed by atoms with Gasteiger partial charge < -0.3 is 10.1 Å². The fraction of sp³-hybridized carbons (Fsp3) is 0.571. The number of ether oxygens (including phenoxy) is 1. The van der Waals surface area contributed by atoms with Gasteiger partial charge in [-0.25, -0.2) is 0 Å². The van der Waals surface area contributed by atoms with Crippen LogP contribution in [-0.4, -0.2) is 18.8 Å². The molecule has 1 aliphatic heterocycles. The molecular weight excluding hydrogens is 278 g/mol. The van der Waals surface area contributed by atoms with Gasteiger partial charge >= 0.3 is 0 Å². The predicted octanol–water partition coefficient (Wildman–Crippen LogP) is 3.41. The van der Waals surface area contributed by atoms with Crippen LogP contribution in [0.5, 0.6) is 0 Å². The first kappa shape index (κ1) is 13.1. The fourth-order valence-corrected chi connectivity index (χ4v) is 2.47. The summed E-state index contributed by atoms with van der Waals surface area (Å²) in [6.45, 7) is 6.17. The van der Waals surface area contributed by atoms with Crippen LogP contribution >= 0.6 is 15.9 Å². The number of hydrogen-bond acceptors (Lipinski definition) is 2. The van der Waals surface area contributed by atoms with Crippen molar-refractivity contribution < 1.29 is 4.74 Å². The van der Waals surface area contributed by atoms with E-state index in [0.29, 0.717) is 12.1 Å². The van der Waals surface area contributed by atoms with Crippen LogP contribution in [0.25, 0.3) is 0 Å². The third-order valence-corrected chi connectivity index (χ3v) is 4.26. The van der Waals surface area contributed by atoms with Crippen molar-refractivity contribution in [3.05, 3.63) is 33.8 Å². The lowest BCUT2D eigenvalue weighted by atomic mass is 10.1. The van der Waals surface area contributed by atoms with Gasteiger partial charge in [-0.05, 0) is 43.9 Å². The van der Waals surface area contributed by atoms with E-state index in [1.165, 1.54) is 28.4 Å². The summed E-state index contributed by atoms with van der Waals surface area (Å²) in [6, 6.07) is 6.93. The Morgan fingerprint density at radius 2 is 2.35 bits per heavy atom. The molecule has 0 saturated carbocycles. The smallest absolute Gasteiger partial charge is 0.0726 e. The topological polar surface area (TPSA) is 21.3 Å². The highest BCUT2D eigenvalue weighted by molar-refractivity contribution is 9.10. The first-order chi connectivity index (χ1) is 8.16. The lowest BCUT2D eigenvalue weighted by Gasteiger charge is -2.20. The van der Waals surface area contributed by atoms with E-state index in [4.69, 9.17) is 4.74 Å². The van der Waals surface area contributed by atoms with E-state index in [1.54, 1.807) is 0 Å². The van der Waals surface area contributed by atoms with Gasteiger partial charge in [0.25, 0.3) is 0 Å². The van der Waals surface area contributed by atoms with E-state index in [-0.39, 0.29) is 0 Å². The molecule has 1 N–H and O–H groups in total. The summed E-state index contributed by atoms with van der Waals surface area (Å²) in [4.78, 5) is 0. The lowest BCUT2D eigenvalue weighted by Crippen LogP contribution is -2.36. The minimum absolute atomic E-state index is 0.395. The zero-order valence-corrected chi connectivity index (χ0v) is 12.1. The van der Waals surface area contributed by atoms with Crippen LogP contribution in [0.3, 0.4) is 0 Å². The molecule has 0 amide bonds. The number of rotatable bonds is 4. The predicted molar refractivity (Wildman–Crippen MR) is 74.2 cm³/mol. The number of nitrogens with one attached hydrogen (secondary N) is 1. The Labute approximate surface area is 112 Å². The quantitative estimate of drug-likeness (QED) is 0.919. The third-order valence-electron chi connectivity index (χ3n) is 3.37. The first-order valence-corrected chi connectivity index (χ1v) is 7.06. The average molecular weight is 298 g/mol. The van der Waals surface area contributed by atoms with Crippen LogP contribution < -0.4 is 5.32 Å². The standard InChI is InChI=1S/C14H20BrNO/c1-10-8-12(5-6-13(10)15)9-16-11(2)14-4-3-7-17-14/h5-6,8,11,14,16H,3-4,7,9H2,1-2H3. The summed E-state index contributed by atoms with van der Waals surface area (Å²) in [6.07, 6.45) is 2.79. The van der Waals surface area contributed by atoms with Crippen molar-refractivity contribution in [1.29, 1.82) is 0 Å². The van der Waals surface area contributed by atoms with Gasteiger partial charge in [-0.3, -0.25) is 0 Å². The van der Waals surface area contributed by atoms with E-state index < -0.39 is 0 Å². The van der Waals surface area contributed by atoms with Crippen molar-refractivity contribution in [2.75, 3.05) is 6.61 Å². The maximum atomic E-state index is 5.68. The second-order valence-corrected chi connectivity index (χ2v) is 5.66. The molecule has 0 aliphatic carbocycles. The summed E-state index contributed by atoms with van der Waals surface area (Å²) >= 11 is 3.52. The Kier molecular flexibility index (Phi) is 4.60. The molecule has 2 unspecified atom stereocenters. The van der Waals surface area contributed by atoms with Crippen LogP contribution in [0.4, 0.5) is 0 Å². The molecule has 94 valence electrons. The molecule has 0 aromatic heterocycles. The summed E-state index contributed by atoms with van der Waals surface area (Å²) < 4.78 is 6.85. The highest BCUT2D eigenvalue weighted by atomic mass is 79.9. The maximum absolute atomic E-state index is 5.68. The van der Waals surface area contributed by atoms with Crippen LogP contribution in [-0.2, 0) is 11.3 Å². The van der Waals surface area contributed by atoms with Gasteiger partial charge in [-0.15, -0.1) is 0 Å². The van der Waals surface area contributed by atoms with Crippen LogP contribution in [0, 0.1) is 6.92 Å². The number of hydrogen-bond donors (Lipinski definition) is 1.